The molecule has 2 aromatic carbocycles. The molecule has 0 aliphatic heterocycles. The molecule has 0 unspecified atom stereocenters. The Kier molecular flexibility index (Phi) is 4.00. The zero-order valence-electron chi connectivity index (χ0n) is 9.91. The molecule has 0 saturated heterocycles. The number of rotatable bonds is 2. The lowest BCUT2D eigenvalue weighted by Crippen LogP contribution is -2.07. The second-order valence-corrected chi connectivity index (χ2v) is 4.96. The van der Waals surface area contributed by atoms with E-state index in [-0.39, 0.29) is 9.79 Å². The van der Waals surface area contributed by atoms with Gasteiger partial charge in [0, 0.05) is 9.79 Å². The minimum atomic E-state index is -4.61. The molecule has 0 spiro atoms. The van der Waals surface area contributed by atoms with E-state index in [0.29, 0.717) is 0 Å². The van der Waals surface area contributed by atoms with Gasteiger partial charge in [-0.3, -0.25) is 0 Å². The Labute approximate surface area is 116 Å². The molecule has 2 aromatic rings. The summed E-state index contributed by atoms with van der Waals surface area (Å²) in [7, 11) is 0. The normalized spacial score (nSPS) is 11.2. The maximum atomic E-state index is 13.5. The summed E-state index contributed by atoms with van der Waals surface area (Å²) in [4.78, 5) is 0.451. The van der Waals surface area contributed by atoms with Gasteiger partial charge in [0.2, 0.25) is 0 Å². The van der Waals surface area contributed by atoms with Crippen LogP contribution in [0.15, 0.2) is 52.3 Å². The van der Waals surface area contributed by atoms with E-state index in [1.807, 2.05) is 0 Å². The average Bonchev–Trinajstić information content (AvgIpc) is 2.40. The van der Waals surface area contributed by atoms with Crippen LogP contribution in [0.3, 0.4) is 0 Å². The van der Waals surface area contributed by atoms with Gasteiger partial charge >= 0.3 is 6.18 Å². The lowest BCUT2D eigenvalue weighted by atomic mass is 10.1. The Morgan fingerprint density at radius 2 is 1.75 bits per heavy atom. The van der Waals surface area contributed by atoms with E-state index in [1.54, 1.807) is 6.07 Å². The number of halogens is 4. The zero-order valence-corrected chi connectivity index (χ0v) is 10.7. The van der Waals surface area contributed by atoms with Crippen molar-refractivity contribution in [3.8, 4) is 6.07 Å². The molecule has 0 heterocycles. The number of hydrogen-bond acceptors (Lipinski definition) is 2. The maximum Gasteiger partial charge on any atom is 0.417 e. The molecule has 0 saturated carbocycles. The van der Waals surface area contributed by atoms with Crippen LogP contribution in [0.1, 0.15) is 11.1 Å². The van der Waals surface area contributed by atoms with Crippen molar-refractivity contribution in [2.45, 2.75) is 16.0 Å². The number of hydrogen-bond donors (Lipinski definition) is 0. The number of alkyl halides is 3. The van der Waals surface area contributed by atoms with Gasteiger partial charge in [0.1, 0.15) is 5.82 Å². The van der Waals surface area contributed by atoms with Crippen LogP contribution in [-0.4, -0.2) is 0 Å². The predicted molar refractivity (Wildman–Crippen MR) is 66.7 cm³/mol. The molecule has 0 atom stereocenters. The summed E-state index contributed by atoms with van der Waals surface area (Å²) >= 11 is 0.879. The SMILES string of the molecule is N#Cc1ccc(Sc2ccccc2F)cc1C(F)(F)F. The molecular formula is C14H7F4NS. The zero-order chi connectivity index (χ0) is 14.8. The van der Waals surface area contributed by atoms with Crippen molar-refractivity contribution < 1.29 is 17.6 Å². The van der Waals surface area contributed by atoms with Crippen LogP contribution in [0.2, 0.25) is 0 Å². The minimum absolute atomic E-state index is 0.224. The summed E-state index contributed by atoms with van der Waals surface area (Å²) in [5, 5.41) is 8.69. The first-order valence-corrected chi connectivity index (χ1v) is 6.27. The summed E-state index contributed by atoms with van der Waals surface area (Å²) < 4.78 is 51.9. The highest BCUT2D eigenvalue weighted by Crippen LogP contribution is 2.37. The number of nitriles is 1. The van der Waals surface area contributed by atoms with E-state index >= 15 is 0 Å². The van der Waals surface area contributed by atoms with Crippen molar-refractivity contribution in [1.29, 1.82) is 5.26 Å². The minimum Gasteiger partial charge on any atom is -0.206 e. The quantitative estimate of drug-likeness (QED) is 0.739. The van der Waals surface area contributed by atoms with E-state index < -0.39 is 23.1 Å². The van der Waals surface area contributed by atoms with Gasteiger partial charge in [0.15, 0.2) is 0 Å². The third kappa shape index (κ3) is 3.11. The molecule has 0 aromatic heterocycles. The first kappa shape index (κ1) is 14.4. The monoisotopic (exact) mass is 297 g/mol. The molecule has 1 nitrogen and oxygen atoms in total. The fraction of sp³-hybridized carbons (Fsp3) is 0.0714. The molecule has 6 heteroatoms. The Morgan fingerprint density at radius 1 is 1.05 bits per heavy atom. The van der Waals surface area contributed by atoms with Crippen molar-refractivity contribution in [3.63, 3.8) is 0 Å². The van der Waals surface area contributed by atoms with Gasteiger partial charge in [-0.15, -0.1) is 0 Å². The Balaban J connectivity index is 2.40. The Hall–Kier alpha value is -2.00. The molecule has 0 fully saturated rings. The van der Waals surface area contributed by atoms with Gasteiger partial charge in [0.05, 0.1) is 17.2 Å². The third-order valence-electron chi connectivity index (χ3n) is 2.48. The Morgan fingerprint density at radius 3 is 2.35 bits per heavy atom. The van der Waals surface area contributed by atoms with Crippen molar-refractivity contribution >= 4 is 11.8 Å². The number of benzene rings is 2. The van der Waals surface area contributed by atoms with Gasteiger partial charge in [0.25, 0.3) is 0 Å². The summed E-state index contributed by atoms with van der Waals surface area (Å²) in [6, 6.07) is 10.6. The lowest BCUT2D eigenvalue weighted by Gasteiger charge is -2.10. The molecule has 0 bridgehead atoms. The molecular weight excluding hydrogens is 290 g/mol. The van der Waals surface area contributed by atoms with Gasteiger partial charge in [-0.25, -0.2) is 4.39 Å². The van der Waals surface area contributed by atoms with E-state index in [1.165, 1.54) is 30.3 Å². The molecule has 0 radical (unpaired) electrons. The van der Waals surface area contributed by atoms with Crippen molar-refractivity contribution in [3.05, 3.63) is 59.4 Å². The van der Waals surface area contributed by atoms with Crippen molar-refractivity contribution in [2.75, 3.05) is 0 Å². The van der Waals surface area contributed by atoms with Crippen LogP contribution in [0.4, 0.5) is 17.6 Å². The van der Waals surface area contributed by atoms with Crippen LogP contribution in [0, 0.1) is 17.1 Å². The highest BCUT2D eigenvalue weighted by molar-refractivity contribution is 7.99. The fourth-order valence-corrected chi connectivity index (χ4v) is 2.45. The molecule has 0 N–H and O–H groups in total. The van der Waals surface area contributed by atoms with Crippen molar-refractivity contribution in [1.82, 2.24) is 0 Å². The highest BCUT2D eigenvalue weighted by Gasteiger charge is 2.33. The predicted octanol–water partition coefficient (Wildman–Crippen LogP) is 4.87. The average molecular weight is 297 g/mol. The topological polar surface area (TPSA) is 23.8 Å². The second-order valence-electron chi connectivity index (χ2n) is 3.85. The van der Waals surface area contributed by atoms with Gasteiger partial charge in [-0.2, -0.15) is 18.4 Å². The van der Waals surface area contributed by atoms with Crippen LogP contribution in [0.5, 0.6) is 0 Å². The molecule has 102 valence electrons. The standard InChI is InChI=1S/C14H7F4NS/c15-12-3-1-2-4-13(12)20-10-6-5-9(8-19)11(7-10)14(16,17)18/h1-7H. The molecule has 0 aliphatic carbocycles. The van der Waals surface area contributed by atoms with E-state index in [2.05, 4.69) is 0 Å². The first-order chi connectivity index (χ1) is 9.41. The summed E-state index contributed by atoms with van der Waals surface area (Å²) in [5.41, 5.74) is -1.46. The molecule has 20 heavy (non-hydrogen) atoms. The van der Waals surface area contributed by atoms with E-state index in [4.69, 9.17) is 5.26 Å². The van der Waals surface area contributed by atoms with Crippen LogP contribution >= 0.6 is 11.8 Å². The van der Waals surface area contributed by atoms with Crippen LogP contribution in [0.25, 0.3) is 0 Å². The molecule has 0 amide bonds. The van der Waals surface area contributed by atoms with E-state index in [0.717, 1.165) is 23.9 Å². The Bertz CT molecular complexity index is 674. The van der Waals surface area contributed by atoms with Crippen LogP contribution < -0.4 is 0 Å². The van der Waals surface area contributed by atoms with Gasteiger partial charge in [-0.1, -0.05) is 23.9 Å². The van der Waals surface area contributed by atoms with E-state index in [9.17, 15) is 17.6 Å². The second kappa shape index (κ2) is 5.55. The molecule has 2 rings (SSSR count). The smallest absolute Gasteiger partial charge is 0.206 e. The van der Waals surface area contributed by atoms with Crippen molar-refractivity contribution in [2.24, 2.45) is 0 Å². The summed E-state index contributed by atoms with van der Waals surface area (Å²) in [6.45, 7) is 0. The highest BCUT2D eigenvalue weighted by atomic mass is 32.2. The van der Waals surface area contributed by atoms with Gasteiger partial charge < -0.3 is 0 Å². The summed E-state index contributed by atoms with van der Waals surface area (Å²) in [6.07, 6.45) is -4.61. The van der Waals surface area contributed by atoms with Crippen LogP contribution in [-0.2, 0) is 6.18 Å². The van der Waals surface area contributed by atoms with Gasteiger partial charge in [-0.05, 0) is 30.3 Å². The third-order valence-corrected chi connectivity index (χ3v) is 3.52. The first-order valence-electron chi connectivity index (χ1n) is 5.45. The maximum absolute atomic E-state index is 13.5. The number of nitrogens with zero attached hydrogens (tertiary/aromatic N) is 1. The molecule has 0 aliphatic rings. The lowest BCUT2D eigenvalue weighted by molar-refractivity contribution is -0.137. The largest absolute Gasteiger partial charge is 0.417 e. The summed E-state index contributed by atoms with van der Waals surface area (Å²) in [5.74, 6) is -0.504. The fourth-order valence-electron chi connectivity index (χ4n) is 1.57.